The zero-order valence-electron chi connectivity index (χ0n) is 24.7. The molecule has 10 nitrogen and oxygen atoms in total. The van der Waals surface area contributed by atoms with Crippen LogP contribution in [0.5, 0.6) is 11.5 Å². The van der Waals surface area contributed by atoms with Gasteiger partial charge in [0.05, 0.1) is 24.2 Å². The zero-order valence-corrected chi connectivity index (χ0v) is 24.7. The van der Waals surface area contributed by atoms with Crippen molar-refractivity contribution in [3.8, 4) is 11.5 Å². The summed E-state index contributed by atoms with van der Waals surface area (Å²) in [7, 11) is 3.14. The van der Waals surface area contributed by atoms with Gasteiger partial charge in [0.25, 0.3) is 0 Å². The van der Waals surface area contributed by atoms with Crippen LogP contribution < -0.4 is 4.74 Å². The van der Waals surface area contributed by atoms with Crippen LogP contribution in [0.4, 0.5) is 0 Å². The van der Waals surface area contributed by atoms with Gasteiger partial charge in [-0.05, 0) is 55.8 Å². The van der Waals surface area contributed by atoms with Crippen molar-refractivity contribution in [1.82, 2.24) is 9.13 Å². The van der Waals surface area contributed by atoms with Crippen molar-refractivity contribution in [2.75, 3.05) is 27.4 Å². The Bertz CT molecular complexity index is 1670. The molecule has 0 saturated heterocycles. The molecule has 2 aromatic heterocycles. The summed E-state index contributed by atoms with van der Waals surface area (Å²) in [4.78, 5) is 24.0. The predicted octanol–water partition coefficient (Wildman–Crippen LogP) is 6.13. The number of methoxy groups -OCH3 is 2. The molecule has 226 valence electrons. The molecule has 0 bridgehead atoms. The van der Waals surface area contributed by atoms with E-state index in [-0.39, 0.29) is 25.2 Å². The van der Waals surface area contributed by atoms with Crippen LogP contribution in [0.2, 0.25) is 0 Å². The van der Waals surface area contributed by atoms with E-state index in [1.54, 1.807) is 61.5 Å². The standard InChI is InChI=1S/C20H21NO4.C13H15NO4/c1-3-24-20(22)19-11-16-9-10-17(12-18(16)21(19)14-23-2)25-13-15-7-5-4-6-8-15;1-3-18-13(16)12-6-9-4-5-10(15)7-11(9)14(12)8-17-2/h4-12H,3,13-14H2,1-2H3;4-7,15H,3,8H2,1-2H3. The van der Waals surface area contributed by atoms with Crippen LogP contribution in [-0.2, 0) is 39.0 Å². The first-order chi connectivity index (χ1) is 20.9. The van der Waals surface area contributed by atoms with Crippen molar-refractivity contribution in [3.05, 3.63) is 95.8 Å². The minimum atomic E-state index is -0.398. The first kappa shape index (κ1) is 31.1. The highest BCUT2D eigenvalue weighted by Gasteiger charge is 2.18. The smallest absolute Gasteiger partial charge is 0.355 e. The predicted molar refractivity (Wildman–Crippen MR) is 162 cm³/mol. The molecule has 0 atom stereocenters. The van der Waals surface area contributed by atoms with Gasteiger partial charge in [-0.3, -0.25) is 0 Å². The monoisotopic (exact) mass is 588 g/mol. The molecule has 0 radical (unpaired) electrons. The second-order valence-electron chi connectivity index (χ2n) is 9.43. The fourth-order valence-electron chi connectivity index (χ4n) is 4.59. The number of nitrogens with zero attached hydrogens (tertiary/aromatic N) is 2. The Morgan fingerprint density at radius 1 is 0.698 bits per heavy atom. The zero-order chi connectivity index (χ0) is 30.8. The van der Waals surface area contributed by atoms with Gasteiger partial charge in [-0.2, -0.15) is 0 Å². The number of ether oxygens (including phenoxy) is 5. The molecule has 0 unspecified atom stereocenters. The number of carbonyl (C=O) groups is 2. The molecule has 5 aromatic rings. The number of fused-ring (bicyclic) bond motifs is 2. The highest BCUT2D eigenvalue weighted by molar-refractivity contribution is 5.97. The number of phenolic OH excluding ortho intramolecular Hbond substituents is 1. The maximum absolute atomic E-state index is 12.2. The van der Waals surface area contributed by atoms with E-state index >= 15 is 0 Å². The summed E-state index contributed by atoms with van der Waals surface area (Å²) in [6.07, 6.45) is 0. The topological polar surface area (TPSA) is 110 Å². The molecule has 0 aliphatic heterocycles. The number of aromatic hydroxyl groups is 1. The average molecular weight is 589 g/mol. The first-order valence-electron chi connectivity index (χ1n) is 13.8. The third-order valence-electron chi connectivity index (χ3n) is 6.50. The minimum Gasteiger partial charge on any atom is -0.508 e. The normalized spacial score (nSPS) is 10.8. The Balaban J connectivity index is 0.000000208. The van der Waals surface area contributed by atoms with Gasteiger partial charge in [0, 0.05) is 37.1 Å². The lowest BCUT2D eigenvalue weighted by Gasteiger charge is -2.10. The van der Waals surface area contributed by atoms with Gasteiger partial charge in [0.15, 0.2) is 0 Å². The maximum Gasteiger partial charge on any atom is 0.355 e. The van der Waals surface area contributed by atoms with E-state index in [0.29, 0.717) is 31.2 Å². The average Bonchev–Trinajstić information content (AvgIpc) is 3.55. The van der Waals surface area contributed by atoms with Gasteiger partial charge in [-0.25, -0.2) is 9.59 Å². The van der Waals surface area contributed by atoms with E-state index in [1.807, 2.05) is 54.6 Å². The fraction of sp³-hybridized carbons (Fsp3) is 0.273. The Kier molecular flexibility index (Phi) is 10.8. The largest absolute Gasteiger partial charge is 0.508 e. The number of phenols is 1. The number of esters is 2. The van der Waals surface area contributed by atoms with Crippen LogP contribution in [0.15, 0.2) is 78.9 Å². The highest BCUT2D eigenvalue weighted by Crippen LogP contribution is 2.27. The minimum absolute atomic E-state index is 0.147. The van der Waals surface area contributed by atoms with Crippen molar-refractivity contribution in [3.63, 3.8) is 0 Å². The fourth-order valence-corrected chi connectivity index (χ4v) is 4.59. The maximum atomic E-state index is 12.2. The Hall–Kier alpha value is -4.80. The van der Waals surface area contributed by atoms with E-state index in [9.17, 15) is 14.7 Å². The summed E-state index contributed by atoms with van der Waals surface area (Å²) in [6, 6.07) is 24.2. The molecular weight excluding hydrogens is 552 g/mol. The van der Waals surface area contributed by atoms with Crippen molar-refractivity contribution >= 4 is 33.7 Å². The van der Waals surface area contributed by atoms with Crippen LogP contribution in [-0.4, -0.2) is 53.6 Å². The van der Waals surface area contributed by atoms with Crippen LogP contribution in [0.1, 0.15) is 40.4 Å². The summed E-state index contributed by atoms with van der Waals surface area (Å²) < 4.78 is 29.8. The number of hydrogen-bond donors (Lipinski definition) is 1. The summed E-state index contributed by atoms with van der Waals surface area (Å²) >= 11 is 0. The van der Waals surface area contributed by atoms with Crippen LogP contribution in [0.3, 0.4) is 0 Å². The van der Waals surface area contributed by atoms with Gasteiger partial charge in [0.2, 0.25) is 0 Å². The number of rotatable bonds is 11. The molecule has 1 N–H and O–H groups in total. The lowest BCUT2D eigenvalue weighted by Crippen LogP contribution is -2.13. The van der Waals surface area contributed by atoms with Gasteiger partial charge in [-0.1, -0.05) is 30.3 Å². The summed E-state index contributed by atoms with van der Waals surface area (Å²) in [5.41, 5.74) is 3.59. The Morgan fingerprint density at radius 2 is 1.23 bits per heavy atom. The van der Waals surface area contributed by atoms with Gasteiger partial charge >= 0.3 is 11.9 Å². The molecule has 0 saturated carbocycles. The lowest BCUT2D eigenvalue weighted by molar-refractivity contribution is 0.0487. The number of hydrogen-bond acceptors (Lipinski definition) is 8. The Labute approximate surface area is 249 Å². The number of benzene rings is 3. The lowest BCUT2D eigenvalue weighted by atomic mass is 10.2. The molecule has 3 aromatic carbocycles. The van der Waals surface area contributed by atoms with E-state index in [4.69, 9.17) is 23.7 Å². The number of carbonyl (C=O) groups excluding carboxylic acids is 2. The molecule has 5 rings (SSSR count). The van der Waals surface area contributed by atoms with Crippen LogP contribution >= 0.6 is 0 Å². The second kappa shape index (κ2) is 14.9. The van der Waals surface area contributed by atoms with E-state index < -0.39 is 5.97 Å². The molecule has 0 aliphatic rings. The van der Waals surface area contributed by atoms with Crippen molar-refractivity contribution in [1.29, 1.82) is 0 Å². The molecule has 0 fully saturated rings. The Morgan fingerprint density at radius 3 is 1.77 bits per heavy atom. The number of aromatic nitrogens is 2. The molecule has 0 amide bonds. The molecule has 10 heteroatoms. The molecule has 43 heavy (non-hydrogen) atoms. The van der Waals surface area contributed by atoms with Gasteiger partial charge in [-0.15, -0.1) is 0 Å². The summed E-state index contributed by atoms with van der Waals surface area (Å²) in [6.45, 7) is 5.17. The summed E-state index contributed by atoms with van der Waals surface area (Å²) in [5, 5.41) is 11.3. The first-order valence-corrected chi connectivity index (χ1v) is 13.8. The molecule has 0 aliphatic carbocycles. The SMILES string of the molecule is CCOC(=O)c1cc2ccc(O)cc2n1COC.CCOC(=O)c1cc2ccc(OCc3ccccc3)cc2n1COC. The highest BCUT2D eigenvalue weighted by atomic mass is 16.5. The van der Waals surface area contributed by atoms with Gasteiger partial charge in [0.1, 0.15) is 43.0 Å². The quantitative estimate of drug-likeness (QED) is 0.184. The molecular formula is C33H36N2O8. The second-order valence-corrected chi connectivity index (χ2v) is 9.43. The van der Waals surface area contributed by atoms with E-state index in [1.165, 1.54) is 0 Å². The summed E-state index contributed by atoms with van der Waals surface area (Å²) in [5.74, 6) is 0.128. The molecule has 2 heterocycles. The van der Waals surface area contributed by atoms with Crippen molar-refractivity contribution in [2.24, 2.45) is 0 Å². The third-order valence-corrected chi connectivity index (χ3v) is 6.50. The third kappa shape index (κ3) is 7.54. The van der Waals surface area contributed by atoms with Gasteiger partial charge < -0.3 is 37.9 Å². The van der Waals surface area contributed by atoms with Crippen LogP contribution in [0.25, 0.3) is 21.8 Å². The van der Waals surface area contributed by atoms with Crippen molar-refractivity contribution in [2.45, 2.75) is 33.9 Å². The molecule has 0 spiro atoms. The van der Waals surface area contributed by atoms with Crippen LogP contribution in [0, 0.1) is 0 Å². The van der Waals surface area contributed by atoms with E-state index in [2.05, 4.69) is 0 Å². The van der Waals surface area contributed by atoms with Crippen molar-refractivity contribution < 1.29 is 38.4 Å². The van der Waals surface area contributed by atoms with E-state index in [0.717, 1.165) is 33.1 Å².